The smallest absolute Gasteiger partial charge is 0.209 e. The predicted molar refractivity (Wildman–Crippen MR) is 35.6 cm³/mol. The van der Waals surface area contributed by atoms with E-state index in [1.54, 1.807) is 7.05 Å². The lowest BCUT2D eigenvalue weighted by Crippen LogP contribution is -1.93. The molecule has 0 atom stereocenters. The molecule has 1 rings (SSSR count). The highest BCUT2D eigenvalue weighted by Crippen LogP contribution is 2.09. The zero-order chi connectivity index (χ0) is 7.40. The fourth-order valence-electron chi connectivity index (χ4n) is 0.452. The molecule has 1 heterocycles. The number of aldehydes is 1. The molecular weight excluding hydrogens is 152 g/mol. The van der Waals surface area contributed by atoms with E-state index in [-0.39, 0.29) is 0 Å². The minimum Gasteiger partial charge on any atom is -0.302 e. The van der Waals surface area contributed by atoms with Crippen LogP contribution in [0.25, 0.3) is 0 Å². The van der Waals surface area contributed by atoms with Crippen LogP contribution >= 0.6 is 11.8 Å². The van der Waals surface area contributed by atoms with E-state index < -0.39 is 0 Å². The van der Waals surface area contributed by atoms with Crippen LogP contribution in [-0.4, -0.2) is 32.2 Å². The van der Waals surface area contributed by atoms with E-state index >= 15 is 0 Å². The number of tetrazole rings is 1. The average Bonchev–Trinajstić information content (AvgIpc) is 2.31. The van der Waals surface area contributed by atoms with E-state index in [2.05, 4.69) is 15.5 Å². The number of hydrogen-bond acceptors (Lipinski definition) is 5. The van der Waals surface area contributed by atoms with Gasteiger partial charge in [-0.1, -0.05) is 11.8 Å². The molecule has 0 bridgehead atoms. The van der Waals surface area contributed by atoms with Crippen molar-refractivity contribution in [2.45, 2.75) is 5.16 Å². The molecule has 0 aromatic carbocycles. The summed E-state index contributed by atoms with van der Waals surface area (Å²) in [7, 11) is 1.73. The number of aromatic nitrogens is 4. The van der Waals surface area contributed by atoms with Gasteiger partial charge in [-0.2, -0.15) is 0 Å². The summed E-state index contributed by atoms with van der Waals surface area (Å²) >= 11 is 1.31. The van der Waals surface area contributed by atoms with E-state index in [1.807, 2.05) is 0 Å². The Labute approximate surface area is 61.8 Å². The van der Waals surface area contributed by atoms with Gasteiger partial charge in [0.2, 0.25) is 5.16 Å². The molecule has 10 heavy (non-hydrogen) atoms. The first-order valence-corrected chi connectivity index (χ1v) is 3.62. The maximum absolute atomic E-state index is 9.91. The summed E-state index contributed by atoms with van der Waals surface area (Å²) in [5.41, 5.74) is 0. The Balaban J connectivity index is 2.56. The van der Waals surface area contributed by atoms with Crippen LogP contribution in [-0.2, 0) is 11.8 Å². The molecule has 0 saturated carbocycles. The first kappa shape index (κ1) is 7.20. The van der Waals surface area contributed by atoms with Gasteiger partial charge in [0.05, 0.1) is 5.75 Å². The highest BCUT2D eigenvalue weighted by Gasteiger charge is 1.99. The predicted octanol–water partition coefficient (Wildman–Crippen LogP) is -0.499. The molecule has 0 aliphatic heterocycles. The summed E-state index contributed by atoms with van der Waals surface area (Å²) in [6.07, 6.45) is 0.819. The van der Waals surface area contributed by atoms with E-state index in [4.69, 9.17) is 0 Å². The fraction of sp³-hybridized carbons (Fsp3) is 0.500. The van der Waals surface area contributed by atoms with Gasteiger partial charge in [-0.3, -0.25) is 0 Å². The lowest BCUT2D eigenvalue weighted by molar-refractivity contribution is -0.105. The molecule has 0 unspecified atom stereocenters. The average molecular weight is 158 g/mol. The van der Waals surface area contributed by atoms with Crippen LogP contribution in [0.2, 0.25) is 0 Å². The van der Waals surface area contributed by atoms with Crippen molar-refractivity contribution in [3.05, 3.63) is 0 Å². The van der Waals surface area contributed by atoms with Crippen LogP contribution in [0.5, 0.6) is 0 Å². The molecule has 6 heteroatoms. The van der Waals surface area contributed by atoms with Gasteiger partial charge in [0.15, 0.2) is 0 Å². The zero-order valence-corrected chi connectivity index (χ0v) is 6.21. The number of hydrogen-bond donors (Lipinski definition) is 0. The van der Waals surface area contributed by atoms with Crippen molar-refractivity contribution in [1.82, 2.24) is 20.2 Å². The molecule has 0 aliphatic rings. The second kappa shape index (κ2) is 3.31. The normalized spacial score (nSPS) is 9.70. The van der Waals surface area contributed by atoms with Gasteiger partial charge < -0.3 is 4.79 Å². The Morgan fingerprint density at radius 3 is 3.10 bits per heavy atom. The number of thioether (sulfide) groups is 1. The summed E-state index contributed by atoms with van der Waals surface area (Å²) in [5, 5.41) is 11.3. The van der Waals surface area contributed by atoms with Crippen LogP contribution in [0, 0.1) is 0 Å². The molecule has 0 saturated heterocycles. The van der Waals surface area contributed by atoms with Crippen LogP contribution < -0.4 is 0 Å². The number of carbonyl (C=O) groups is 1. The molecule has 0 spiro atoms. The molecule has 0 N–H and O–H groups in total. The van der Waals surface area contributed by atoms with Crippen molar-refractivity contribution in [3.63, 3.8) is 0 Å². The SMILES string of the molecule is Cn1nnnc1SCC=O. The van der Waals surface area contributed by atoms with Crippen molar-refractivity contribution in [2.24, 2.45) is 7.05 Å². The summed E-state index contributed by atoms with van der Waals surface area (Å²) in [6, 6.07) is 0. The van der Waals surface area contributed by atoms with Gasteiger partial charge in [-0.05, 0) is 10.4 Å². The quantitative estimate of drug-likeness (QED) is 0.438. The van der Waals surface area contributed by atoms with E-state index in [1.165, 1.54) is 16.4 Å². The Hall–Kier alpha value is -0.910. The van der Waals surface area contributed by atoms with Crippen molar-refractivity contribution in [2.75, 3.05) is 5.75 Å². The monoisotopic (exact) mass is 158 g/mol. The van der Waals surface area contributed by atoms with Gasteiger partial charge in [0, 0.05) is 7.05 Å². The highest BCUT2D eigenvalue weighted by atomic mass is 32.2. The molecule has 1 aromatic rings. The molecular formula is C4H6N4OS. The maximum Gasteiger partial charge on any atom is 0.209 e. The van der Waals surface area contributed by atoms with Gasteiger partial charge >= 0.3 is 0 Å². The maximum atomic E-state index is 9.91. The Bertz CT molecular complexity index is 223. The lowest BCUT2D eigenvalue weighted by Gasteiger charge is -1.90. The third-order valence-electron chi connectivity index (χ3n) is 0.862. The van der Waals surface area contributed by atoms with Crippen LogP contribution in [0.1, 0.15) is 0 Å². The summed E-state index contributed by atoms with van der Waals surface area (Å²) < 4.78 is 1.52. The molecule has 54 valence electrons. The standard InChI is InChI=1S/C4H6N4OS/c1-8-4(5-6-7-8)10-3-2-9/h2H,3H2,1H3. The molecule has 0 fully saturated rings. The molecule has 0 radical (unpaired) electrons. The van der Waals surface area contributed by atoms with Crippen molar-refractivity contribution >= 4 is 18.0 Å². The van der Waals surface area contributed by atoms with Gasteiger partial charge in [0.1, 0.15) is 6.29 Å². The number of carbonyl (C=O) groups excluding carboxylic acids is 1. The number of nitrogens with zero attached hydrogens (tertiary/aromatic N) is 4. The summed E-state index contributed by atoms with van der Waals surface area (Å²) in [5.74, 6) is 0.397. The molecule has 0 amide bonds. The number of aryl methyl sites for hydroxylation is 1. The lowest BCUT2D eigenvalue weighted by atomic mass is 10.9. The van der Waals surface area contributed by atoms with Crippen molar-refractivity contribution in [3.8, 4) is 0 Å². The van der Waals surface area contributed by atoms with Crippen molar-refractivity contribution < 1.29 is 4.79 Å². The van der Waals surface area contributed by atoms with Crippen LogP contribution in [0.4, 0.5) is 0 Å². The second-order valence-electron chi connectivity index (χ2n) is 1.56. The Morgan fingerprint density at radius 2 is 2.60 bits per heavy atom. The minimum absolute atomic E-state index is 0.397. The first-order chi connectivity index (χ1) is 4.84. The number of rotatable bonds is 3. The van der Waals surface area contributed by atoms with E-state index in [0.29, 0.717) is 10.9 Å². The van der Waals surface area contributed by atoms with Crippen molar-refractivity contribution in [1.29, 1.82) is 0 Å². The third kappa shape index (κ3) is 1.53. The fourth-order valence-corrected chi connectivity index (χ4v) is 0.987. The third-order valence-corrected chi connectivity index (χ3v) is 1.77. The largest absolute Gasteiger partial charge is 0.302 e. The molecule has 1 aromatic heterocycles. The molecule has 5 nitrogen and oxygen atoms in total. The zero-order valence-electron chi connectivity index (χ0n) is 5.39. The van der Waals surface area contributed by atoms with Crippen LogP contribution in [0.15, 0.2) is 5.16 Å². The van der Waals surface area contributed by atoms with E-state index in [9.17, 15) is 4.79 Å². The van der Waals surface area contributed by atoms with E-state index in [0.717, 1.165) is 6.29 Å². The first-order valence-electron chi connectivity index (χ1n) is 2.63. The topological polar surface area (TPSA) is 60.7 Å². The summed E-state index contributed by atoms with van der Waals surface area (Å²) in [4.78, 5) is 9.91. The second-order valence-corrected chi connectivity index (χ2v) is 2.55. The summed E-state index contributed by atoms with van der Waals surface area (Å²) in [6.45, 7) is 0. The van der Waals surface area contributed by atoms with Crippen LogP contribution in [0.3, 0.4) is 0 Å². The minimum atomic E-state index is 0.397. The van der Waals surface area contributed by atoms with Gasteiger partial charge in [0.25, 0.3) is 0 Å². The van der Waals surface area contributed by atoms with Gasteiger partial charge in [-0.15, -0.1) is 5.10 Å². The Kier molecular flexibility index (Phi) is 2.38. The Morgan fingerprint density at radius 1 is 1.80 bits per heavy atom. The molecule has 0 aliphatic carbocycles. The van der Waals surface area contributed by atoms with Gasteiger partial charge in [-0.25, -0.2) is 4.68 Å². The highest BCUT2D eigenvalue weighted by molar-refractivity contribution is 7.99.